The molecule has 4 nitrogen and oxygen atoms in total. The molecule has 0 bridgehead atoms. The number of benzene rings is 1. The number of aromatic amines is 1. The van der Waals surface area contributed by atoms with E-state index in [0.717, 1.165) is 37.0 Å². The van der Waals surface area contributed by atoms with Crippen LogP contribution in [0, 0.1) is 6.92 Å². The number of aryl methyl sites for hydroxylation is 1. The summed E-state index contributed by atoms with van der Waals surface area (Å²) in [6.07, 6.45) is 4.32. The summed E-state index contributed by atoms with van der Waals surface area (Å²) in [6, 6.07) is 10.4. The summed E-state index contributed by atoms with van der Waals surface area (Å²) < 4.78 is 5.79. The SMILES string of the molecule is Cc1cnc([C@@H]2CCCN2CCOc2ccccc2)[nH]1. The molecule has 20 heavy (non-hydrogen) atoms. The molecule has 0 spiro atoms. The van der Waals surface area contributed by atoms with Gasteiger partial charge in [0, 0.05) is 18.4 Å². The monoisotopic (exact) mass is 271 g/mol. The van der Waals surface area contributed by atoms with E-state index in [0.29, 0.717) is 6.04 Å². The Hall–Kier alpha value is -1.81. The van der Waals surface area contributed by atoms with Gasteiger partial charge in [0.2, 0.25) is 0 Å². The highest BCUT2D eigenvalue weighted by Crippen LogP contribution is 2.29. The van der Waals surface area contributed by atoms with Gasteiger partial charge in [-0.3, -0.25) is 4.90 Å². The number of hydrogen-bond acceptors (Lipinski definition) is 3. The minimum Gasteiger partial charge on any atom is -0.492 e. The molecule has 0 saturated carbocycles. The number of H-pyrrole nitrogens is 1. The van der Waals surface area contributed by atoms with Crippen molar-refractivity contribution in [1.82, 2.24) is 14.9 Å². The molecule has 0 unspecified atom stereocenters. The Balaban J connectivity index is 1.54. The number of aromatic nitrogens is 2. The first-order valence-corrected chi connectivity index (χ1v) is 7.26. The number of rotatable bonds is 5. The topological polar surface area (TPSA) is 41.2 Å². The summed E-state index contributed by atoms with van der Waals surface area (Å²) >= 11 is 0. The van der Waals surface area contributed by atoms with Crippen LogP contribution < -0.4 is 4.74 Å². The van der Waals surface area contributed by atoms with Crippen molar-refractivity contribution in [3.63, 3.8) is 0 Å². The summed E-state index contributed by atoms with van der Waals surface area (Å²) in [5.41, 5.74) is 1.13. The molecule has 0 radical (unpaired) electrons. The Morgan fingerprint density at radius 2 is 2.20 bits per heavy atom. The summed E-state index contributed by atoms with van der Waals surface area (Å²) in [5.74, 6) is 2.04. The van der Waals surface area contributed by atoms with Gasteiger partial charge in [0.05, 0.1) is 6.04 Å². The second kappa shape index (κ2) is 6.09. The number of likely N-dealkylation sites (tertiary alicyclic amines) is 1. The Labute approximate surface area is 119 Å². The molecule has 1 aliphatic heterocycles. The van der Waals surface area contributed by atoms with Gasteiger partial charge in [-0.2, -0.15) is 0 Å². The lowest BCUT2D eigenvalue weighted by Gasteiger charge is -2.22. The van der Waals surface area contributed by atoms with Gasteiger partial charge in [-0.1, -0.05) is 18.2 Å². The zero-order chi connectivity index (χ0) is 13.8. The van der Waals surface area contributed by atoms with Crippen molar-refractivity contribution in [3.8, 4) is 5.75 Å². The lowest BCUT2D eigenvalue weighted by Crippen LogP contribution is -2.28. The van der Waals surface area contributed by atoms with Crippen LogP contribution in [0.15, 0.2) is 36.5 Å². The fourth-order valence-corrected chi connectivity index (χ4v) is 2.80. The first kappa shape index (κ1) is 13.2. The van der Waals surface area contributed by atoms with Crippen LogP contribution in [0.4, 0.5) is 0 Å². The normalized spacial score (nSPS) is 19.4. The van der Waals surface area contributed by atoms with E-state index in [-0.39, 0.29) is 0 Å². The van der Waals surface area contributed by atoms with Gasteiger partial charge in [0.25, 0.3) is 0 Å². The maximum absolute atomic E-state index is 5.79. The fraction of sp³-hybridized carbons (Fsp3) is 0.438. The molecule has 0 amide bonds. The molecule has 1 aromatic heterocycles. The first-order chi connectivity index (χ1) is 9.83. The third kappa shape index (κ3) is 3.02. The van der Waals surface area contributed by atoms with Crippen molar-refractivity contribution >= 4 is 0 Å². The largest absolute Gasteiger partial charge is 0.492 e. The molecule has 4 heteroatoms. The van der Waals surface area contributed by atoms with Gasteiger partial charge >= 0.3 is 0 Å². The molecule has 1 aliphatic rings. The number of hydrogen-bond donors (Lipinski definition) is 1. The highest BCUT2D eigenvalue weighted by atomic mass is 16.5. The zero-order valence-corrected chi connectivity index (χ0v) is 11.9. The number of nitrogens with one attached hydrogen (secondary N) is 1. The average Bonchev–Trinajstić information content (AvgIpc) is 3.09. The molecule has 1 saturated heterocycles. The molecule has 1 fully saturated rings. The van der Waals surface area contributed by atoms with Gasteiger partial charge < -0.3 is 9.72 Å². The predicted octanol–water partition coefficient (Wildman–Crippen LogP) is 2.93. The molecule has 3 rings (SSSR count). The van der Waals surface area contributed by atoms with E-state index < -0.39 is 0 Å². The highest BCUT2D eigenvalue weighted by molar-refractivity contribution is 5.20. The molecule has 2 heterocycles. The summed E-state index contributed by atoms with van der Waals surface area (Å²) in [4.78, 5) is 10.3. The lowest BCUT2D eigenvalue weighted by atomic mass is 10.2. The van der Waals surface area contributed by atoms with E-state index in [1.165, 1.54) is 12.8 Å². The number of para-hydroxylation sites is 1. The molecule has 2 aromatic rings. The third-order valence-corrected chi connectivity index (χ3v) is 3.79. The van der Waals surface area contributed by atoms with Gasteiger partial charge in [-0.05, 0) is 38.4 Å². The van der Waals surface area contributed by atoms with E-state index in [1.807, 2.05) is 43.5 Å². The molecule has 106 valence electrons. The van der Waals surface area contributed by atoms with Crippen LogP contribution in [0.25, 0.3) is 0 Å². The number of imidazole rings is 1. The number of nitrogens with zero attached hydrogens (tertiary/aromatic N) is 2. The molecular formula is C16H21N3O. The van der Waals surface area contributed by atoms with Crippen LogP contribution in [0.2, 0.25) is 0 Å². The zero-order valence-electron chi connectivity index (χ0n) is 11.9. The third-order valence-electron chi connectivity index (χ3n) is 3.79. The Bertz CT molecular complexity index is 538. The van der Waals surface area contributed by atoms with Crippen LogP contribution in [0.3, 0.4) is 0 Å². The van der Waals surface area contributed by atoms with Crippen molar-refractivity contribution in [2.75, 3.05) is 19.7 Å². The summed E-state index contributed by atoms with van der Waals surface area (Å²) in [5, 5.41) is 0. The quantitative estimate of drug-likeness (QED) is 0.909. The van der Waals surface area contributed by atoms with Crippen molar-refractivity contribution in [1.29, 1.82) is 0 Å². The number of ether oxygens (including phenoxy) is 1. The van der Waals surface area contributed by atoms with Crippen LogP contribution >= 0.6 is 0 Å². The van der Waals surface area contributed by atoms with Crippen molar-refractivity contribution < 1.29 is 4.74 Å². The van der Waals surface area contributed by atoms with Crippen LogP contribution in [0.5, 0.6) is 5.75 Å². The Kier molecular flexibility index (Phi) is 4.02. The van der Waals surface area contributed by atoms with Gasteiger partial charge in [0.15, 0.2) is 0 Å². The van der Waals surface area contributed by atoms with Crippen molar-refractivity contribution in [3.05, 3.63) is 48.0 Å². The average molecular weight is 271 g/mol. The summed E-state index contributed by atoms with van der Waals surface area (Å²) in [6.45, 7) is 4.84. The second-order valence-electron chi connectivity index (χ2n) is 5.31. The van der Waals surface area contributed by atoms with Crippen LogP contribution in [-0.4, -0.2) is 34.6 Å². The minimum absolute atomic E-state index is 0.420. The van der Waals surface area contributed by atoms with Crippen LogP contribution in [-0.2, 0) is 0 Å². The summed E-state index contributed by atoms with van der Waals surface area (Å²) in [7, 11) is 0. The second-order valence-corrected chi connectivity index (χ2v) is 5.31. The lowest BCUT2D eigenvalue weighted by molar-refractivity contribution is 0.193. The van der Waals surface area contributed by atoms with E-state index in [1.54, 1.807) is 0 Å². The maximum Gasteiger partial charge on any atom is 0.123 e. The molecular weight excluding hydrogens is 250 g/mol. The van der Waals surface area contributed by atoms with E-state index in [9.17, 15) is 0 Å². The standard InChI is InChI=1S/C16H21N3O/c1-13-12-17-16(18-13)15-8-5-9-19(15)10-11-20-14-6-3-2-4-7-14/h2-4,6-7,12,15H,5,8-11H2,1H3,(H,17,18)/t15-/m0/s1. The first-order valence-electron chi connectivity index (χ1n) is 7.26. The van der Waals surface area contributed by atoms with Gasteiger partial charge in [0.1, 0.15) is 18.2 Å². The van der Waals surface area contributed by atoms with E-state index in [4.69, 9.17) is 4.74 Å². The minimum atomic E-state index is 0.420. The molecule has 1 atom stereocenters. The highest BCUT2D eigenvalue weighted by Gasteiger charge is 2.27. The Morgan fingerprint density at radius 1 is 1.35 bits per heavy atom. The smallest absolute Gasteiger partial charge is 0.123 e. The maximum atomic E-state index is 5.79. The van der Waals surface area contributed by atoms with Gasteiger partial charge in [-0.15, -0.1) is 0 Å². The van der Waals surface area contributed by atoms with E-state index >= 15 is 0 Å². The van der Waals surface area contributed by atoms with Crippen LogP contribution in [0.1, 0.15) is 30.4 Å². The van der Waals surface area contributed by atoms with Crippen molar-refractivity contribution in [2.45, 2.75) is 25.8 Å². The predicted molar refractivity (Wildman–Crippen MR) is 78.8 cm³/mol. The fourth-order valence-electron chi connectivity index (χ4n) is 2.80. The van der Waals surface area contributed by atoms with Gasteiger partial charge in [-0.25, -0.2) is 4.98 Å². The molecule has 1 N–H and O–H groups in total. The van der Waals surface area contributed by atoms with Crippen molar-refractivity contribution in [2.24, 2.45) is 0 Å². The Morgan fingerprint density at radius 3 is 2.95 bits per heavy atom. The molecule has 1 aromatic carbocycles. The molecule has 0 aliphatic carbocycles. The van der Waals surface area contributed by atoms with E-state index in [2.05, 4.69) is 14.9 Å².